The Morgan fingerprint density at radius 3 is 2.49 bits per heavy atom. The molecule has 0 radical (unpaired) electrons. The van der Waals surface area contributed by atoms with Crippen LogP contribution in [0.15, 0.2) is 42.6 Å². The van der Waals surface area contributed by atoms with Gasteiger partial charge in [0.15, 0.2) is 29.9 Å². The number of benzene rings is 1. The van der Waals surface area contributed by atoms with E-state index in [1.165, 1.54) is 26.0 Å². The lowest BCUT2D eigenvalue weighted by Crippen LogP contribution is -2.53. The Bertz CT molecular complexity index is 1160. The molecule has 3 aliphatic heterocycles. The third-order valence-electron chi connectivity index (χ3n) is 5.92. The lowest BCUT2D eigenvalue weighted by molar-refractivity contribution is -0.177. The lowest BCUT2D eigenvalue weighted by atomic mass is 9.97. The fraction of sp³-hybridized carbons (Fsp3) is 0.478. The number of hydrogen-bond donors (Lipinski definition) is 1. The number of cyclic esters (lactones) is 1. The molecule has 0 aliphatic carbocycles. The number of para-hydroxylation sites is 1. The maximum Gasteiger partial charge on any atom is 0.459 e. The number of carbonyl (C=O) groups excluding carboxylic acids is 4. The molecular formula is C23H26FN2O10P. The van der Waals surface area contributed by atoms with E-state index in [0.717, 1.165) is 24.1 Å². The summed E-state index contributed by atoms with van der Waals surface area (Å²) < 4.78 is 57.1. The van der Waals surface area contributed by atoms with Gasteiger partial charge in [0, 0.05) is 6.20 Å². The van der Waals surface area contributed by atoms with Crippen molar-refractivity contribution in [3.8, 4) is 5.75 Å². The van der Waals surface area contributed by atoms with E-state index >= 15 is 4.39 Å². The van der Waals surface area contributed by atoms with Gasteiger partial charge in [-0.15, -0.1) is 0 Å². The van der Waals surface area contributed by atoms with Gasteiger partial charge in [0.25, 0.3) is 0 Å². The van der Waals surface area contributed by atoms with Crippen LogP contribution >= 0.6 is 7.75 Å². The summed E-state index contributed by atoms with van der Waals surface area (Å²) in [6, 6.07) is 6.73. The zero-order valence-corrected chi connectivity index (χ0v) is 21.1. The Kier molecular flexibility index (Phi) is 7.52. The molecule has 1 aromatic carbocycles. The fourth-order valence-electron chi connectivity index (χ4n) is 4.00. The standard InChI is InChI=1S/C23H26FN2O10P/c1-13-20(29)33-14(2)21(30)35-19-17(12-32-37(31,25-13)36-16-7-5-4-6-8-16)34-22(23(19,3)24)26-10-9-15(27)11-18(26)28/h4-10,13-14,17,19,22H,11-12H2,1-3H3,(H,25,31)/t13-,14-,17+,19+,22+,23+,37-/m0/s1. The van der Waals surface area contributed by atoms with Gasteiger partial charge < -0.3 is 18.7 Å². The molecule has 0 aromatic heterocycles. The van der Waals surface area contributed by atoms with Crippen molar-refractivity contribution in [3.05, 3.63) is 42.6 Å². The normalized spacial score (nSPS) is 37.2. The number of nitrogens with one attached hydrogen (secondary N) is 1. The van der Waals surface area contributed by atoms with Gasteiger partial charge in [-0.3, -0.25) is 23.8 Å². The summed E-state index contributed by atoms with van der Waals surface area (Å²) in [5.74, 6) is -3.06. The van der Waals surface area contributed by atoms with Crippen LogP contribution in [0.3, 0.4) is 0 Å². The number of hydrogen-bond acceptors (Lipinski definition) is 10. The SMILES string of the molecule is C[C@@H]1N[P@@](=O)(Oc2ccccc2)OC[C@H]2O[C@@H](N3C=CC(=O)CC3=O)[C@](C)(F)[C@@H]2OC(=O)[C@H](C)OC1=O. The number of ketones is 1. The van der Waals surface area contributed by atoms with Crippen molar-refractivity contribution < 1.29 is 51.4 Å². The van der Waals surface area contributed by atoms with Crippen LogP contribution in [-0.4, -0.2) is 71.4 Å². The number of esters is 2. The minimum atomic E-state index is -4.31. The highest BCUT2D eigenvalue weighted by Crippen LogP contribution is 2.47. The Morgan fingerprint density at radius 1 is 1.11 bits per heavy atom. The van der Waals surface area contributed by atoms with Gasteiger partial charge in [-0.05, 0) is 39.0 Å². The smallest absolute Gasteiger partial charge is 0.453 e. The Hall–Kier alpha value is -3.12. The predicted molar refractivity (Wildman–Crippen MR) is 122 cm³/mol. The number of rotatable bonds is 3. The van der Waals surface area contributed by atoms with E-state index in [0.29, 0.717) is 0 Å². The fourth-order valence-corrected chi connectivity index (χ4v) is 5.50. The van der Waals surface area contributed by atoms with Crippen LogP contribution in [0.1, 0.15) is 27.2 Å². The number of alkyl halides is 1. The lowest BCUT2D eigenvalue weighted by Gasteiger charge is -2.34. The summed E-state index contributed by atoms with van der Waals surface area (Å²) in [4.78, 5) is 50.1. The van der Waals surface area contributed by atoms with Gasteiger partial charge in [0.05, 0.1) is 13.0 Å². The van der Waals surface area contributed by atoms with Crippen molar-refractivity contribution in [2.24, 2.45) is 0 Å². The topological polar surface area (TPSA) is 147 Å². The minimum Gasteiger partial charge on any atom is -0.453 e. The Labute approximate surface area is 211 Å². The van der Waals surface area contributed by atoms with E-state index < -0.39 is 80.7 Å². The van der Waals surface area contributed by atoms with E-state index in [-0.39, 0.29) is 5.75 Å². The summed E-state index contributed by atoms with van der Waals surface area (Å²) in [6.45, 7) is 2.99. The summed E-state index contributed by atoms with van der Waals surface area (Å²) in [6.07, 6.45) is -4.40. The number of carbonyl (C=O) groups is 4. The van der Waals surface area contributed by atoms with Crippen LogP contribution in [0.5, 0.6) is 5.75 Å². The number of amides is 1. The number of ether oxygens (including phenoxy) is 3. The molecule has 14 heteroatoms. The van der Waals surface area contributed by atoms with Crippen molar-refractivity contribution in [1.82, 2.24) is 9.99 Å². The predicted octanol–water partition coefficient (Wildman–Crippen LogP) is 1.79. The van der Waals surface area contributed by atoms with Gasteiger partial charge in [-0.1, -0.05) is 18.2 Å². The Balaban J connectivity index is 1.67. The first-order valence-corrected chi connectivity index (χ1v) is 13.0. The molecule has 0 saturated carbocycles. The van der Waals surface area contributed by atoms with Gasteiger partial charge in [0.1, 0.15) is 17.9 Å². The molecule has 37 heavy (non-hydrogen) atoms. The average molecular weight is 540 g/mol. The molecule has 0 bridgehead atoms. The molecule has 2 saturated heterocycles. The summed E-state index contributed by atoms with van der Waals surface area (Å²) in [5, 5.41) is 2.45. The third kappa shape index (κ3) is 5.74. The minimum absolute atomic E-state index is 0.150. The number of halogens is 1. The number of allylic oxidation sites excluding steroid dienone is 1. The maximum absolute atomic E-state index is 16.2. The van der Waals surface area contributed by atoms with Crippen LogP contribution in [0, 0.1) is 0 Å². The first-order valence-electron chi connectivity index (χ1n) is 11.4. The average Bonchev–Trinajstić information content (AvgIpc) is 3.07. The zero-order chi connectivity index (χ0) is 27.0. The van der Waals surface area contributed by atoms with E-state index in [2.05, 4.69) is 5.09 Å². The van der Waals surface area contributed by atoms with Crippen LogP contribution in [0.2, 0.25) is 0 Å². The maximum atomic E-state index is 16.2. The van der Waals surface area contributed by atoms with Crippen molar-refractivity contribution in [3.63, 3.8) is 0 Å². The number of fused-ring (bicyclic) bond motifs is 1. The van der Waals surface area contributed by atoms with Crippen molar-refractivity contribution >= 4 is 31.4 Å². The molecule has 2 fully saturated rings. The molecule has 3 heterocycles. The zero-order valence-electron chi connectivity index (χ0n) is 20.2. The summed E-state index contributed by atoms with van der Waals surface area (Å²) >= 11 is 0. The Morgan fingerprint density at radius 2 is 1.81 bits per heavy atom. The summed E-state index contributed by atoms with van der Waals surface area (Å²) in [5.41, 5.74) is -2.51. The van der Waals surface area contributed by atoms with Crippen molar-refractivity contribution in [2.75, 3.05) is 6.61 Å². The molecule has 7 atom stereocenters. The first-order chi connectivity index (χ1) is 17.4. The third-order valence-corrected chi connectivity index (χ3v) is 7.56. The molecule has 12 nitrogen and oxygen atoms in total. The molecule has 200 valence electrons. The second-order valence-electron chi connectivity index (χ2n) is 8.92. The monoisotopic (exact) mass is 540 g/mol. The van der Waals surface area contributed by atoms with Crippen molar-refractivity contribution in [1.29, 1.82) is 0 Å². The van der Waals surface area contributed by atoms with E-state index in [4.69, 9.17) is 23.3 Å². The van der Waals surface area contributed by atoms with Gasteiger partial charge in [0.2, 0.25) is 5.91 Å². The van der Waals surface area contributed by atoms with Gasteiger partial charge in [-0.2, -0.15) is 5.09 Å². The second-order valence-corrected chi connectivity index (χ2v) is 10.6. The molecule has 1 amide bonds. The van der Waals surface area contributed by atoms with E-state index in [1.807, 2.05) is 0 Å². The number of nitrogens with zero attached hydrogens (tertiary/aromatic N) is 1. The largest absolute Gasteiger partial charge is 0.459 e. The molecule has 0 spiro atoms. The van der Waals surface area contributed by atoms with Crippen LogP contribution in [0.4, 0.5) is 4.39 Å². The molecule has 0 unspecified atom stereocenters. The van der Waals surface area contributed by atoms with Crippen molar-refractivity contribution in [2.45, 2.75) is 63.4 Å². The van der Waals surface area contributed by atoms with Gasteiger partial charge >= 0.3 is 19.7 Å². The van der Waals surface area contributed by atoms with Crippen LogP contribution in [-0.2, 0) is 42.5 Å². The quantitative estimate of drug-likeness (QED) is 0.340. The first kappa shape index (κ1) is 26.9. The molecule has 1 aromatic rings. The van der Waals surface area contributed by atoms with Gasteiger partial charge in [-0.25, -0.2) is 13.8 Å². The highest BCUT2D eigenvalue weighted by molar-refractivity contribution is 7.52. The highest BCUT2D eigenvalue weighted by Gasteiger charge is 2.60. The van der Waals surface area contributed by atoms with Crippen LogP contribution in [0.25, 0.3) is 0 Å². The van der Waals surface area contributed by atoms with E-state index in [9.17, 15) is 23.7 Å². The molecular weight excluding hydrogens is 514 g/mol. The molecule has 1 N–H and O–H groups in total. The van der Waals surface area contributed by atoms with E-state index in [1.54, 1.807) is 18.2 Å². The van der Waals surface area contributed by atoms with Crippen LogP contribution < -0.4 is 9.61 Å². The summed E-state index contributed by atoms with van der Waals surface area (Å²) in [7, 11) is -4.31. The molecule has 3 aliphatic rings. The molecule has 4 rings (SSSR count). The highest BCUT2D eigenvalue weighted by atomic mass is 31.2. The second kappa shape index (κ2) is 10.3.